The van der Waals surface area contributed by atoms with E-state index in [9.17, 15) is 23.9 Å². The van der Waals surface area contributed by atoms with Crippen molar-refractivity contribution < 1.29 is 23.9 Å². The second-order valence-electron chi connectivity index (χ2n) is 8.52. The van der Waals surface area contributed by atoms with E-state index in [1.54, 1.807) is 24.3 Å². The molecule has 1 saturated carbocycles. The molecule has 1 aromatic heterocycles. The number of benzene rings is 2. The predicted octanol–water partition coefficient (Wildman–Crippen LogP) is 2.29. The van der Waals surface area contributed by atoms with Crippen LogP contribution < -0.4 is 11.1 Å². The second kappa shape index (κ2) is 10.1. The van der Waals surface area contributed by atoms with Gasteiger partial charge < -0.3 is 21.1 Å². The van der Waals surface area contributed by atoms with Crippen LogP contribution in [0.5, 0.6) is 0 Å². The van der Waals surface area contributed by atoms with E-state index in [0.717, 1.165) is 12.8 Å². The minimum Gasteiger partial charge on any atom is -0.373 e. The molecule has 4 N–H and O–H groups in total. The molecule has 0 saturated heterocycles. The SMILES string of the molecule is CC(=O)c1ccc2c(C(N)O)nn(CC(=O)N(CC(=O)NCc3cccc(Cl)c3F)C3CC3)c2c1. The monoisotopic (exact) mass is 501 g/mol. The number of aliphatic hydroxyl groups excluding tert-OH is 1. The molecule has 3 aromatic rings. The molecule has 2 aromatic carbocycles. The Bertz CT molecular complexity index is 1300. The van der Waals surface area contributed by atoms with E-state index in [1.165, 1.54) is 28.6 Å². The Hall–Kier alpha value is -3.34. The molecule has 0 bridgehead atoms. The van der Waals surface area contributed by atoms with Crippen molar-refractivity contribution in [2.75, 3.05) is 6.54 Å². The molecule has 184 valence electrons. The summed E-state index contributed by atoms with van der Waals surface area (Å²) in [5.41, 5.74) is 6.96. The van der Waals surface area contributed by atoms with Gasteiger partial charge in [-0.1, -0.05) is 35.9 Å². The van der Waals surface area contributed by atoms with Crippen molar-refractivity contribution in [2.24, 2.45) is 5.73 Å². The number of aromatic nitrogens is 2. The number of nitrogens with two attached hydrogens (primary N) is 1. The third kappa shape index (κ3) is 5.50. The number of carbonyl (C=O) groups is 3. The second-order valence-corrected chi connectivity index (χ2v) is 8.93. The quantitative estimate of drug-likeness (QED) is 0.304. The number of hydrogen-bond donors (Lipinski definition) is 3. The highest BCUT2D eigenvalue weighted by Gasteiger charge is 2.34. The van der Waals surface area contributed by atoms with Gasteiger partial charge in [-0.05, 0) is 31.9 Å². The van der Waals surface area contributed by atoms with Gasteiger partial charge in [0.15, 0.2) is 5.78 Å². The van der Waals surface area contributed by atoms with Crippen LogP contribution >= 0.6 is 11.6 Å². The summed E-state index contributed by atoms with van der Waals surface area (Å²) in [6, 6.07) is 9.28. The Kier molecular flexibility index (Phi) is 7.15. The molecule has 1 heterocycles. The number of rotatable bonds is 9. The lowest BCUT2D eigenvalue weighted by atomic mass is 10.1. The molecule has 35 heavy (non-hydrogen) atoms. The summed E-state index contributed by atoms with van der Waals surface area (Å²) in [6.07, 6.45) is 0.167. The van der Waals surface area contributed by atoms with Crippen molar-refractivity contribution in [1.29, 1.82) is 0 Å². The van der Waals surface area contributed by atoms with Gasteiger partial charge in [0, 0.05) is 29.1 Å². The minimum atomic E-state index is -1.37. The molecule has 1 atom stereocenters. The number of carbonyl (C=O) groups excluding carboxylic acids is 3. The van der Waals surface area contributed by atoms with E-state index in [-0.39, 0.29) is 53.6 Å². The number of aliphatic hydroxyl groups is 1. The van der Waals surface area contributed by atoms with Gasteiger partial charge >= 0.3 is 0 Å². The van der Waals surface area contributed by atoms with Gasteiger partial charge in [-0.2, -0.15) is 5.10 Å². The number of fused-ring (bicyclic) bond motifs is 1. The highest BCUT2D eigenvalue weighted by Crippen LogP contribution is 2.28. The van der Waals surface area contributed by atoms with Crippen LogP contribution in [0.3, 0.4) is 0 Å². The van der Waals surface area contributed by atoms with Crippen LogP contribution in [0.1, 0.15) is 47.6 Å². The number of halogens is 2. The first-order valence-electron chi connectivity index (χ1n) is 11.1. The Balaban J connectivity index is 1.50. The average Bonchev–Trinajstić information content (AvgIpc) is 3.59. The average molecular weight is 502 g/mol. The van der Waals surface area contributed by atoms with Crippen LogP contribution in [-0.4, -0.2) is 50.0 Å². The number of amides is 2. The van der Waals surface area contributed by atoms with Crippen LogP contribution in [0.4, 0.5) is 4.39 Å². The van der Waals surface area contributed by atoms with E-state index in [0.29, 0.717) is 16.5 Å². The molecule has 2 amide bonds. The van der Waals surface area contributed by atoms with Gasteiger partial charge in [0.2, 0.25) is 11.8 Å². The zero-order valence-corrected chi connectivity index (χ0v) is 19.8. The molecule has 1 aliphatic carbocycles. The molecule has 1 fully saturated rings. The van der Waals surface area contributed by atoms with Crippen LogP contribution in [0.15, 0.2) is 36.4 Å². The number of nitrogens with zero attached hydrogens (tertiary/aromatic N) is 3. The van der Waals surface area contributed by atoms with Crippen molar-refractivity contribution in [2.45, 2.75) is 45.1 Å². The fourth-order valence-corrected chi connectivity index (χ4v) is 4.07. The first-order chi connectivity index (χ1) is 16.7. The van der Waals surface area contributed by atoms with Crippen LogP contribution in [0.2, 0.25) is 5.02 Å². The number of Topliss-reactive ketones (excluding diaryl/α,β-unsaturated/α-hetero) is 1. The summed E-state index contributed by atoms with van der Waals surface area (Å²) in [6.45, 7) is 0.953. The van der Waals surface area contributed by atoms with E-state index in [2.05, 4.69) is 10.4 Å². The fourth-order valence-electron chi connectivity index (χ4n) is 3.87. The molecular weight excluding hydrogens is 477 g/mol. The molecule has 0 aliphatic heterocycles. The van der Waals surface area contributed by atoms with Crippen molar-refractivity contribution >= 4 is 40.1 Å². The number of hydrogen-bond acceptors (Lipinski definition) is 6. The Morgan fingerprint density at radius 3 is 2.71 bits per heavy atom. The summed E-state index contributed by atoms with van der Waals surface area (Å²) < 4.78 is 15.5. The maximum absolute atomic E-state index is 14.1. The van der Waals surface area contributed by atoms with Gasteiger partial charge in [0.25, 0.3) is 0 Å². The van der Waals surface area contributed by atoms with Gasteiger partial charge in [-0.25, -0.2) is 4.39 Å². The zero-order chi connectivity index (χ0) is 25.3. The molecule has 1 unspecified atom stereocenters. The van der Waals surface area contributed by atoms with Crippen LogP contribution in [-0.2, 0) is 22.7 Å². The van der Waals surface area contributed by atoms with Crippen molar-refractivity contribution in [1.82, 2.24) is 20.0 Å². The van der Waals surface area contributed by atoms with Crippen molar-refractivity contribution in [3.05, 3.63) is 64.1 Å². The lowest BCUT2D eigenvalue weighted by molar-refractivity contribution is -0.137. The topological polar surface area (TPSA) is 131 Å². The fraction of sp³-hybridized carbons (Fsp3) is 0.333. The summed E-state index contributed by atoms with van der Waals surface area (Å²) in [5.74, 6) is -1.55. The van der Waals surface area contributed by atoms with E-state index >= 15 is 0 Å². The molecule has 11 heteroatoms. The third-order valence-electron chi connectivity index (χ3n) is 5.88. The minimum absolute atomic E-state index is 0.0344. The van der Waals surface area contributed by atoms with Crippen LogP contribution in [0, 0.1) is 5.82 Å². The summed E-state index contributed by atoms with van der Waals surface area (Å²) in [4.78, 5) is 39.1. The highest BCUT2D eigenvalue weighted by atomic mass is 35.5. The molecule has 1 aliphatic rings. The molecule has 9 nitrogen and oxygen atoms in total. The van der Waals surface area contributed by atoms with Gasteiger partial charge in [0.1, 0.15) is 24.3 Å². The maximum atomic E-state index is 14.1. The predicted molar refractivity (Wildman–Crippen MR) is 127 cm³/mol. The zero-order valence-electron chi connectivity index (χ0n) is 19.0. The first-order valence-corrected chi connectivity index (χ1v) is 11.5. The lowest BCUT2D eigenvalue weighted by Gasteiger charge is -2.22. The molecule has 0 radical (unpaired) electrons. The maximum Gasteiger partial charge on any atom is 0.245 e. The van der Waals surface area contributed by atoms with Gasteiger partial charge in [0.05, 0.1) is 17.1 Å². The summed E-state index contributed by atoms with van der Waals surface area (Å²) >= 11 is 5.78. The van der Waals surface area contributed by atoms with E-state index in [4.69, 9.17) is 17.3 Å². The van der Waals surface area contributed by atoms with E-state index < -0.39 is 18.0 Å². The van der Waals surface area contributed by atoms with Crippen LogP contribution in [0.25, 0.3) is 10.9 Å². The van der Waals surface area contributed by atoms with Crippen molar-refractivity contribution in [3.63, 3.8) is 0 Å². The van der Waals surface area contributed by atoms with Crippen molar-refractivity contribution in [3.8, 4) is 0 Å². The summed E-state index contributed by atoms with van der Waals surface area (Å²) in [5, 5.41) is 17.3. The van der Waals surface area contributed by atoms with Gasteiger partial charge in [-0.15, -0.1) is 0 Å². The lowest BCUT2D eigenvalue weighted by Crippen LogP contribution is -2.43. The highest BCUT2D eigenvalue weighted by molar-refractivity contribution is 6.30. The Morgan fingerprint density at radius 1 is 1.31 bits per heavy atom. The van der Waals surface area contributed by atoms with E-state index in [1.807, 2.05) is 0 Å². The first kappa shape index (κ1) is 24.8. The normalized spacial score (nSPS) is 14.1. The third-order valence-corrected chi connectivity index (χ3v) is 6.17. The number of nitrogens with one attached hydrogen (secondary N) is 1. The Morgan fingerprint density at radius 2 is 2.06 bits per heavy atom. The standard InChI is InChI=1S/C24H25ClFN5O4/c1-13(32)14-5-8-17-19(9-14)31(29-23(17)24(27)35)12-21(34)30(16-6-7-16)11-20(33)28-10-15-3-2-4-18(25)22(15)26/h2-5,8-9,16,24,35H,6-7,10-12,27H2,1H3,(H,28,33). The number of ketones is 1. The summed E-state index contributed by atoms with van der Waals surface area (Å²) in [7, 11) is 0. The molecule has 4 rings (SSSR count). The smallest absolute Gasteiger partial charge is 0.245 e. The van der Waals surface area contributed by atoms with Gasteiger partial charge in [-0.3, -0.25) is 19.1 Å². The largest absolute Gasteiger partial charge is 0.373 e. The molecular formula is C24H25ClFN5O4. The Labute approximate surface area is 205 Å². The molecule has 0 spiro atoms.